The van der Waals surface area contributed by atoms with Gasteiger partial charge in [0.25, 0.3) is 0 Å². The molecule has 1 rings (SSSR count). The summed E-state index contributed by atoms with van der Waals surface area (Å²) in [7, 11) is -5.70. The predicted octanol–water partition coefficient (Wildman–Crippen LogP) is 4.55. The van der Waals surface area contributed by atoms with Crippen LogP contribution in [0.25, 0.3) is 0 Å². The fourth-order valence-corrected chi connectivity index (χ4v) is 57.5. The Morgan fingerprint density at radius 2 is 1.08 bits per heavy atom. The molecule has 0 N–H and O–H groups in total. The van der Waals surface area contributed by atoms with Crippen LogP contribution < -0.4 is 0 Å². The van der Waals surface area contributed by atoms with Gasteiger partial charge in [-0.05, 0) is 0 Å². The number of ether oxygens (including phenoxy) is 2. The van der Waals surface area contributed by atoms with Crippen molar-refractivity contribution in [1.29, 1.82) is 0 Å². The molecule has 1 saturated heterocycles. The van der Waals surface area contributed by atoms with Crippen molar-refractivity contribution in [3.05, 3.63) is 0 Å². The molecule has 0 aromatic carbocycles. The van der Waals surface area contributed by atoms with E-state index in [1.165, 1.54) is 14.2 Å². The van der Waals surface area contributed by atoms with Crippen LogP contribution in [0, 0.1) is 0 Å². The predicted molar refractivity (Wildman–Crippen MR) is 164 cm³/mol. The Bertz CT molecular complexity index is 866. The monoisotopic (exact) mass is 651 g/mol. The fourth-order valence-electron chi connectivity index (χ4n) is 5.36. The standard InChI is InChI=1S/C22H51GeN5O5Si4/c1-22(2,3)24-21-26(25-18(19(29)31-4)20(30)32-5)23(33-21,27(34(6,7)8)35(9,10)11)28(36(12,13)14)37(15,16)17/h1-17H3. The molecule has 0 radical (unpaired) electrons. The number of hydrazone groups is 1. The average molecular weight is 651 g/mol. The van der Waals surface area contributed by atoms with Gasteiger partial charge in [-0.2, -0.15) is 0 Å². The van der Waals surface area contributed by atoms with Crippen molar-refractivity contribution < 1.29 is 22.8 Å². The summed E-state index contributed by atoms with van der Waals surface area (Å²) in [6.45, 7) is 34.1. The number of carbonyl (C=O) groups is 2. The Balaban J connectivity index is 4.37. The van der Waals surface area contributed by atoms with Crippen molar-refractivity contribution in [2.75, 3.05) is 14.2 Å². The Morgan fingerprint density at radius 1 is 0.757 bits per heavy atom. The van der Waals surface area contributed by atoms with Gasteiger partial charge in [0.15, 0.2) is 0 Å². The molecule has 0 bridgehead atoms. The maximum absolute atomic E-state index is 12.8. The van der Waals surface area contributed by atoms with Crippen molar-refractivity contribution in [3.8, 4) is 0 Å². The summed E-state index contributed by atoms with van der Waals surface area (Å²) in [5, 5.41) is 4.77. The quantitative estimate of drug-likeness (QED) is 0.155. The van der Waals surface area contributed by atoms with Crippen molar-refractivity contribution in [3.63, 3.8) is 0 Å². The van der Waals surface area contributed by atoms with Gasteiger partial charge in [0.2, 0.25) is 0 Å². The summed E-state index contributed by atoms with van der Waals surface area (Å²) in [6.07, 6.45) is 0. The van der Waals surface area contributed by atoms with E-state index in [4.69, 9.17) is 23.3 Å². The summed E-state index contributed by atoms with van der Waals surface area (Å²) in [5.74, 6) is -1.68. The zero-order valence-electron chi connectivity index (χ0n) is 26.3. The van der Waals surface area contributed by atoms with E-state index in [1.807, 2.05) is 24.7 Å². The normalized spacial score (nSPS) is 17.9. The maximum atomic E-state index is 12.8. The number of amidine groups is 1. The molecule has 37 heavy (non-hydrogen) atoms. The fraction of sp³-hybridized carbons (Fsp3) is 0.818. The van der Waals surface area contributed by atoms with Gasteiger partial charge >= 0.3 is 233 Å². The van der Waals surface area contributed by atoms with Crippen LogP contribution >= 0.6 is 0 Å². The summed E-state index contributed by atoms with van der Waals surface area (Å²) < 4.78 is 24.3. The third-order valence-electron chi connectivity index (χ3n) is 5.34. The molecular weight excluding hydrogens is 599 g/mol. The molecule has 0 amide bonds. The molecule has 1 heterocycles. The number of hydrogen-bond donors (Lipinski definition) is 0. The molecule has 1 aliphatic heterocycles. The molecule has 0 unspecified atom stereocenters. The first-order valence-electron chi connectivity index (χ1n) is 12.7. The second kappa shape index (κ2) is 11.0. The topological polar surface area (TPSA) is 96.3 Å². The second-order valence-electron chi connectivity index (χ2n) is 14.3. The minimum absolute atomic E-state index is 0.348. The van der Waals surface area contributed by atoms with Gasteiger partial charge in [0, 0.05) is 0 Å². The van der Waals surface area contributed by atoms with Crippen molar-refractivity contribution in [2.24, 2.45) is 10.1 Å². The molecule has 1 fully saturated rings. The summed E-state index contributed by atoms with van der Waals surface area (Å²) in [5.41, 5.74) is -0.859. The Labute approximate surface area is 232 Å². The summed E-state index contributed by atoms with van der Waals surface area (Å²) in [4.78, 5) is 30.4. The molecule has 0 aromatic rings. The SMILES string of the molecule is COC(=O)C(=N[N]1C(=NC(C)(C)C)[O][Ge]1([N]([Si](C)(C)C)[Si](C)(C)C)[N]([Si](C)(C)C)[Si](C)(C)C)C(=O)OC. The Hall–Kier alpha value is -0.790. The molecular formula is C22H51GeN5O5Si4. The van der Waals surface area contributed by atoms with E-state index >= 15 is 0 Å². The first-order valence-corrected chi connectivity index (χ1v) is 30.2. The molecule has 0 aromatic heterocycles. The summed E-state index contributed by atoms with van der Waals surface area (Å²) in [6, 6.07) is 0.348. The van der Waals surface area contributed by atoms with Gasteiger partial charge < -0.3 is 0 Å². The van der Waals surface area contributed by atoms with Gasteiger partial charge in [-0.1, -0.05) is 0 Å². The van der Waals surface area contributed by atoms with E-state index in [2.05, 4.69) is 84.9 Å². The Morgan fingerprint density at radius 3 is 1.32 bits per heavy atom. The number of aliphatic imine (C=N–C) groups is 1. The van der Waals surface area contributed by atoms with Gasteiger partial charge in [0.1, 0.15) is 0 Å². The van der Waals surface area contributed by atoms with Crippen LogP contribution in [0.15, 0.2) is 10.1 Å². The average Bonchev–Trinajstić information content (AvgIpc) is 2.61. The summed E-state index contributed by atoms with van der Waals surface area (Å²) >= 11 is -4.06. The molecule has 214 valence electrons. The van der Waals surface area contributed by atoms with Gasteiger partial charge in [0.05, 0.1) is 0 Å². The number of carbonyl (C=O) groups excluding carboxylic acids is 2. The van der Waals surface area contributed by atoms with Crippen LogP contribution in [0.4, 0.5) is 0 Å². The van der Waals surface area contributed by atoms with E-state index in [9.17, 15) is 9.59 Å². The van der Waals surface area contributed by atoms with E-state index in [-0.39, 0.29) is 0 Å². The van der Waals surface area contributed by atoms with E-state index in [1.54, 1.807) is 0 Å². The number of hydrogen-bond acceptors (Lipinski definition) is 9. The zero-order valence-corrected chi connectivity index (χ0v) is 32.4. The van der Waals surface area contributed by atoms with E-state index in [0.29, 0.717) is 6.02 Å². The minimum atomic E-state index is -4.06. The number of nitrogens with zero attached hydrogens (tertiary/aromatic N) is 5. The van der Waals surface area contributed by atoms with Crippen LogP contribution in [-0.2, 0) is 22.8 Å². The van der Waals surface area contributed by atoms with E-state index in [0.717, 1.165) is 0 Å². The van der Waals surface area contributed by atoms with Crippen molar-refractivity contribution in [2.45, 2.75) is 105 Å². The van der Waals surface area contributed by atoms with E-state index < -0.39 is 70.4 Å². The molecule has 10 nitrogen and oxygen atoms in total. The third-order valence-corrected chi connectivity index (χ3v) is 46.9. The molecule has 15 heteroatoms. The number of esters is 2. The van der Waals surface area contributed by atoms with Crippen LogP contribution in [0.5, 0.6) is 0 Å². The van der Waals surface area contributed by atoms with Crippen LogP contribution in [0.2, 0.25) is 78.6 Å². The van der Waals surface area contributed by atoms with Crippen molar-refractivity contribution in [1.82, 2.24) is 10.3 Å². The first kappa shape index (κ1) is 34.2. The first-order chi connectivity index (χ1) is 16.2. The number of methoxy groups -OCH3 is 2. The molecule has 0 atom stereocenters. The van der Waals surface area contributed by atoms with Crippen LogP contribution in [0.1, 0.15) is 20.8 Å². The van der Waals surface area contributed by atoms with Gasteiger partial charge in [-0.25, -0.2) is 0 Å². The van der Waals surface area contributed by atoms with Crippen LogP contribution in [0.3, 0.4) is 0 Å². The third kappa shape index (κ3) is 7.66. The van der Waals surface area contributed by atoms with Crippen LogP contribution in [-0.4, -0.2) is 101 Å². The molecule has 0 spiro atoms. The van der Waals surface area contributed by atoms with Crippen molar-refractivity contribution >= 4 is 70.9 Å². The Kier molecular flexibility index (Phi) is 10.2. The molecule has 0 saturated carbocycles. The number of rotatable bonds is 9. The van der Waals surface area contributed by atoms with Gasteiger partial charge in [-0.15, -0.1) is 0 Å². The molecule has 1 aliphatic rings. The van der Waals surface area contributed by atoms with Gasteiger partial charge in [-0.3, -0.25) is 0 Å². The molecule has 0 aliphatic carbocycles. The second-order valence-corrected chi connectivity index (χ2v) is 43.7. The zero-order chi connectivity index (χ0) is 29.6.